The van der Waals surface area contributed by atoms with Gasteiger partial charge in [0.25, 0.3) is 0 Å². The van der Waals surface area contributed by atoms with E-state index in [2.05, 4.69) is 32.9 Å². The van der Waals surface area contributed by atoms with E-state index in [1.165, 1.54) is 0 Å². The zero-order valence-electron chi connectivity index (χ0n) is 9.13. The van der Waals surface area contributed by atoms with Gasteiger partial charge >= 0.3 is 0 Å². The zero-order chi connectivity index (χ0) is 10.6. The van der Waals surface area contributed by atoms with E-state index in [1.54, 1.807) is 0 Å². The Balaban J connectivity index is 2.64. The topological polar surface area (TPSA) is 53.0 Å². The van der Waals surface area contributed by atoms with Crippen molar-refractivity contribution >= 4 is 0 Å². The van der Waals surface area contributed by atoms with Gasteiger partial charge in [-0.25, -0.2) is 0 Å². The van der Waals surface area contributed by atoms with E-state index in [-0.39, 0.29) is 10.8 Å². The molecule has 0 atom stereocenters. The molecule has 0 aromatic carbocycles. The normalized spacial score (nSPS) is 23.1. The summed E-state index contributed by atoms with van der Waals surface area (Å²) in [5.41, 5.74) is 1.37. The highest BCUT2D eigenvalue weighted by Gasteiger charge is 2.46. The molecule has 1 aromatic rings. The van der Waals surface area contributed by atoms with Crippen molar-refractivity contribution in [1.82, 2.24) is 5.16 Å². The minimum absolute atomic E-state index is 0.0377. The molecule has 0 N–H and O–H groups in total. The fourth-order valence-electron chi connectivity index (χ4n) is 2.12. The lowest BCUT2D eigenvalue weighted by molar-refractivity contribution is -0.810. The molecule has 0 amide bonds. The average molecular weight is 196 g/mol. The highest BCUT2D eigenvalue weighted by molar-refractivity contribution is 5.26. The van der Waals surface area contributed by atoms with Gasteiger partial charge in [-0.1, -0.05) is 27.7 Å². The van der Waals surface area contributed by atoms with Gasteiger partial charge in [-0.15, -0.1) is 0 Å². The highest BCUT2D eigenvalue weighted by atomic mass is 16.8. The van der Waals surface area contributed by atoms with Crippen LogP contribution in [0.15, 0.2) is 4.63 Å². The molecule has 4 nitrogen and oxygen atoms in total. The fraction of sp³-hybridized carbons (Fsp3) is 0.800. The van der Waals surface area contributed by atoms with Gasteiger partial charge in [0, 0.05) is 16.0 Å². The van der Waals surface area contributed by atoms with E-state index in [0.717, 1.165) is 18.5 Å². The summed E-state index contributed by atoms with van der Waals surface area (Å²) in [7, 11) is 0. The minimum Gasteiger partial charge on any atom is -0.359 e. The highest BCUT2D eigenvalue weighted by Crippen LogP contribution is 2.42. The van der Waals surface area contributed by atoms with E-state index >= 15 is 0 Å². The zero-order valence-corrected chi connectivity index (χ0v) is 9.13. The summed E-state index contributed by atoms with van der Waals surface area (Å²) in [6.45, 7) is 8.33. The Kier molecular flexibility index (Phi) is 1.69. The maximum absolute atomic E-state index is 11.5. The SMILES string of the molecule is CC1(C)CCC(C)(C)c2c1no[n+]2[O-]. The van der Waals surface area contributed by atoms with Gasteiger partial charge in [0.2, 0.25) is 11.4 Å². The van der Waals surface area contributed by atoms with Crippen LogP contribution in [0.25, 0.3) is 0 Å². The molecule has 0 spiro atoms. The van der Waals surface area contributed by atoms with Crippen LogP contribution in [-0.4, -0.2) is 5.16 Å². The van der Waals surface area contributed by atoms with Crippen molar-refractivity contribution in [2.75, 3.05) is 0 Å². The first-order chi connectivity index (χ1) is 6.34. The van der Waals surface area contributed by atoms with E-state index < -0.39 is 0 Å². The first kappa shape index (κ1) is 9.49. The number of nitrogens with zero attached hydrogens (tertiary/aromatic N) is 2. The van der Waals surface area contributed by atoms with Crippen molar-refractivity contribution in [2.24, 2.45) is 0 Å². The van der Waals surface area contributed by atoms with Crippen LogP contribution in [0, 0.1) is 5.21 Å². The summed E-state index contributed by atoms with van der Waals surface area (Å²) >= 11 is 0. The minimum atomic E-state index is -0.118. The van der Waals surface area contributed by atoms with Crippen LogP contribution in [0.2, 0.25) is 0 Å². The summed E-state index contributed by atoms with van der Waals surface area (Å²) in [5, 5.41) is 15.3. The molecule has 0 fully saturated rings. The summed E-state index contributed by atoms with van der Waals surface area (Å²) in [6, 6.07) is 0. The lowest BCUT2D eigenvalue weighted by atomic mass is 9.68. The Labute approximate surface area is 83.4 Å². The number of aromatic nitrogens is 2. The van der Waals surface area contributed by atoms with Crippen molar-refractivity contribution in [3.8, 4) is 0 Å². The van der Waals surface area contributed by atoms with E-state index in [0.29, 0.717) is 10.6 Å². The van der Waals surface area contributed by atoms with E-state index in [9.17, 15) is 5.21 Å². The van der Waals surface area contributed by atoms with Gasteiger partial charge < -0.3 is 5.21 Å². The van der Waals surface area contributed by atoms with Gasteiger partial charge in [0.05, 0.1) is 0 Å². The third-order valence-corrected chi connectivity index (χ3v) is 3.27. The molecule has 0 bridgehead atoms. The smallest absolute Gasteiger partial charge is 0.227 e. The van der Waals surface area contributed by atoms with Crippen LogP contribution in [0.3, 0.4) is 0 Å². The molecule has 0 saturated carbocycles. The second kappa shape index (κ2) is 2.49. The van der Waals surface area contributed by atoms with Gasteiger partial charge in [0.1, 0.15) is 0 Å². The van der Waals surface area contributed by atoms with Crippen molar-refractivity contribution in [3.05, 3.63) is 16.6 Å². The number of fused-ring (bicyclic) bond motifs is 1. The van der Waals surface area contributed by atoms with Crippen LogP contribution in [-0.2, 0) is 10.8 Å². The second-order valence-electron chi connectivity index (χ2n) is 5.40. The Hall–Kier alpha value is -1.06. The summed E-state index contributed by atoms with van der Waals surface area (Å²) in [5.74, 6) is 0. The molecule has 1 aromatic heterocycles. The third kappa shape index (κ3) is 1.13. The first-order valence-electron chi connectivity index (χ1n) is 4.95. The molecular weight excluding hydrogens is 180 g/mol. The lowest BCUT2D eigenvalue weighted by Gasteiger charge is -2.33. The number of rotatable bonds is 0. The first-order valence-corrected chi connectivity index (χ1v) is 4.95. The maximum Gasteiger partial charge on any atom is 0.227 e. The molecule has 0 saturated heterocycles. The van der Waals surface area contributed by atoms with Gasteiger partial charge in [-0.2, -0.15) is 0 Å². The Morgan fingerprint density at radius 3 is 2.36 bits per heavy atom. The number of hydrogen-bond acceptors (Lipinski definition) is 3. The average Bonchev–Trinajstić information content (AvgIpc) is 2.44. The predicted molar refractivity (Wildman–Crippen MR) is 50.7 cm³/mol. The van der Waals surface area contributed by atoms with E-state index in [1.807, 2.05) is 0 Å². The van der Waals surface area contributed by atoms with Crippen molar-refractivity contribution in [1.29, 1.82) is 0 Å². The van der Waals surface area contributed by atoms with Crippen molar-refractivity contribution in [2.45, 2.75) is 51.4 Å². The maximum atomic E-state index is 11.5. The molecule has 0 unspecified atom stereocenters. The quantitative estimate of drug-likeness (QED) is 0.593. The number of hydrogen-bond donors (Lipinski definition) is 0. The van der Waals surface area contributed by atoms with Crippen LogP contribution in [0.5, 0.6) is 0 Å². The molecule has 1 heterocycles. The van der Waals surface area contributed by atoms with Gasteiger partial charge in [-0.05, 0) is 17.7 Å². The Bertz CT molecular complexity index is 366. The van der Waals surface area contributed by atoms with Gasteiger partial charge in [-0.3, -0.25) is 4.63 Å². The molecule has 0 aliphatic heterocycles. The third-order valence-electron chi connectivity index (χ3n) is 3.27. The Morgan fingerprint density at radius 1 is 1.21 bits per heavy atom. The van der Waals surface area contributed by atoms with Crippen LogP contribution in [0.4, 0.5) is 0 Å². The molecular formula is C10H16N2O2. The lowest BCUT2D eigenvalue weighted by Crippen LogP contribution is -2.43. The van der Waals surface area contributed by atoms with Crippen LogP contribution >= 0.6 is 0 Å². The predicted octanol–water partition coefficient (Wildman–Crippen LogP) is 1.66. The molecule has 0 radical (unpaired) electrons. The standard InChI is InChI=1S/C10H16N2O2/c1-9(2)5-6-10(3,4)8-7(9)11-14-12(8)13/h5-6H2,1-4H3. The largest absolute Gasteiger partial charge is 0.359 e. The van der Waals surface area contributed by atoms with Crippen molar-refractivity contribution in [3.63, 3.8) is 0 Å². The van der Waals surface area contributed by atoms with E-state index in [4.69, 9.17) is 4.63 Å². The molecule has 14 heavy (non-hydrogen) atoms. The molecule has 2 rings (SSSR count). The van der Waals surface area contributed by atoms with Crippen molar-refractivity contribution < 1.29 is 9.53 Å². The second-order valence-corrected chi connectivity index (χ2v) is 5.40. The monoisotopic (exact) mass is 196 g/mol. The molecule has 4 heteroatoms. The fourth-order valence-corrected chi connectivity index (χ4v) is 2.12. The summed E-state index contributed by atoms with van der Waals surface area (Å²) < 4.78 is 4.70. The van der Waals surface area contributed by atoms with Crippen LogP contribution in [0.1, 0.15) is 51.9 Å². The summed E-state index contributed by atoms with van der Waals surface area (Å²) in [4.78, 5) is 0.566. The molecule has 1 aliphatic rings. The van der Waals surface area contributed by atoms with Gasteiger partial charge in [0.15, 0.2) is 0 Å². The molecule has 78 valence electrons. The Morgan fingerprint density at radius 2 is 1.79 bits per heavy atom. The van der Waals surface area contributed by atoms with Crippen LogP contribution < -0.4 is 4.90 Å². The summed E-state index contributed by atoms with van der Waals surface area (Å²) in [6.07, 6.45) is 2.04. The molecule has 1 aliphatic carbocycles.